The summed E-state index contributed by atoms with van der Waals surface area (Å²) < 4.78 is 0. The van der Waals surface area contributed by atoms with E-state index >= 15 is 0 Å². The average Bonchev–Trinajstić information content (AvgIpc) is 2.69. The van der Waals surface area contributed by atoms with Crippen LogP contribution in [0.25, 0.3) is 0 Å². The van der Waals surface area contributed by atoms with Gasteiger partial charge in [-0.15, -0.1) is 23.2 Å². The van der Waals surface area contributed by atoms with Gasteiger partial charge in [0.05, 0.1) is 0 Å². The van der Waals surface area contributed by atoms with Crippen LogP contribution in [-0.4, -0.2) is 4.84 Å². The van der Waals surface area contributed by atoms with E-state index in [4.69, 9.17) is 23.2 Å². The van der Waals surface area contributed by atoms with E-state index in [0.29, 0.717) is 5.92 Å². The van der Waals surface area contributed by atoms with Crippen molar-refractivity contribution in [3.8, 4) is 0 Å². The Balaban J connectivity index is 1.81. The average molecular weight is 191 g/mol. The minimum Gasteiger partial charge on any atom is -0.105 e. The standard InChI is InChI=1S/C9H12Cl2/c10-9(11)8-6-2-4(6)1-5-3-7(5)8/h4-9H,1-3H2/t4-,5-,6+,7+/m0/s1. The van der Waals surface area contributed by atoms with E-state index in [1.807, 2.05) is 0 Å². The topological polar surface area (TPSA) is 0 Å². The van der Waals surface area contributed by atoms with Gasteiger partial charge in [0.25, 0.3) is 0 Å². The van der Waals surface area contributed by atoms with Gasteiger partial charge in [-0.2, -0.15) is 0 Å². The van der Waals surface area contributed by atoms with Gasteiger partial charge in [0.15, 0.2) is 0 Å². The van der Waals surface area contributed by atoms with Crippen LogP contribution in [0.4, 0.5) is 0 Å². The molecule has 0 heterocycles. The van der Waals surface area contributed by atoms with Crippen LogP contribution in [-0.2, 0) is 0 Å². The molecule has 0 unspecified atom stereocenters. The molecular formula is C9H12Cl2. The van der Waals surface area contributed by atoms with E-state index < -0.39 is 0 Å². The summed E-state index contributed by atoms with van der Waals surface area (Å²) >= 11 is 11.9. The fourth-order valence-electron chi connectivity index (χ4n) is 3.11. The molecule has 3 fully saturated rings. The van der Waals surface area contributed by atoms with Crippen LogP contribution >= 0.6 is 23.2 Å². The monoisotopic (exact) mass is 190 g/mol. The maximum absolute atomic E-state index is 5.97. The Hall–Kier alpha value is 0.580. The molecule has 3 rings (SSSR count). The van der Waals surface area contributed by atoms with Gasteiger partial charge in [-0.1, -0.05) is 0 Å². The van der Waals surface area contributed by atoms with Crippen molar-refractivity contribution in [3.05, 3.63) is 0 Å². The zero-order valence-electron chi connectivity index (χ0n) is 6.34. The molecule has 0 saturated heterocycles. The molecule has 2 heteroatoms. The lowest BCUT2D eigenvalue weighted by Gasteiger charge is -2.21. The van der Waals surface area contributed by atoms with Gasteiger partial charge in [0.1, 0.15) is 4.84 Å². The molecule has 0 radical (unpaired) electrons. The molecule has 62 valence electrons. The highest BCUT2D eigenvalue weighted by atomic mass is 35.5. The Morgan fingerprint density at radius 1 is 0.909 bits per heavy atom. The second-order valence-electron chi connectivity index (χ2n) is 4.47. The lowest BCUT2D eigenvalue weighted by atomic mass is 9.90. The quantitative estimate of drug-likeness (QED) is 0.558. The van der Waals surface area contributed by atoms with Crippen LogP contribution in [0.3, 0.4) is 0 Å². The molecule has 4 atom stereocenters. The third-order valence-electron chi connectivity index (χ3n) is 3.84. The summed E-state index contributed by atoms with van der Waals surface area (Å²) in [6.07, 6.45) is 4.34. The Labute approximate surface area is 77.2 Å². The molecule has 0 aliphatic heterocycles. The first-order chi connectivity index (χ1) is 5.27. The predicted molar refractivity (Wildman–Crippen MR) is 46.8 cm³/mol. The van der Waals surface area contributed by atoms with E-state index in [0.717, 1.165) is 23.7 Å². The largest absolute Gasteiger partial charge is 0.111 e. The normalized spacial score (nSPS) is 58.6. The van der Waals surface area contributed by atoms with Crippen LogP contribution in [0.2, 0.25) is 0 Å². The fourth-order valence-corrected chi connectivity index (χ4v) is 3.85. The number of hydrogen-bond donors (Lipinski definition) is 0. The van der Waals surface area contributed by atoms with Gasteiger partial charge in [-0.25, -0.2) is 0 Å². The lowest BCUT2D eigenvalue weighted by Crippen LogP contribution is -2.19. The first-order valence-electron chi connectivity index (χ1n) is 4.55. The Morgan fingerprint density at radius 3 is 1.91 bits per heavy atom. The number of alkyl halides is 2. The van der Waals surface area contributed by atoms with Crippen molar-refractivity contribution < 1.29 is 0 Å². The molecule has 0 spiro atoms. The predicted octanol–water partition coefficient (Wildman–Crippen LogP) is 3.08. The third kappa shape index (κ3) is 0.954. The summed E-state index contributed by atoms with van der Waals surface area (Å²) in [5.41, 5.74) is 0. The summed E-state index contributed by atoms with van der Waals surface area (Å²) in [5.74, 6) is 4.53. The summed E-state index contributed by atoms with van der Waals surface area (Å²) in [6.45, 7) is 0. The maximum Gasteiger partial charge on any atom is 0.111 e. The number of rotatable bonds is 1. The van der Waals surface area contributed by atoms with Gasteiger partial charge < -0.3 is 0 Å². The van der Waals surface area contributed by atoms with Gasteiger partial charge in [-0.05, 0) is 48.9 Å². The number of hydrogen-bond acceptors (Lipinski definition) is 0. The summed E-state index contributed by atoms with van der Waals surface area (Å²) in [6, 6.07) is 0. The minimum absolute atomic E-state index is 0.0831. The highest BCUT2D eigenvalue weighted by Crippen LogP contribution is 2.67. The van der Waals surface area contributed by atoms with Gasteiger partial charge in [-0.3, -0.25) is 0 Å². The number of halogens is 2. The first kappa shape index (κ1) is 7.03. The zero-order valence-corrected chi connectivity index (χ0v) is 7.85. The van der Waals surface area contributed by atoms with Crippen molar-refractivity contribution in [2.24, 2.45) is 29.6 Å². The Kier molecular flexibility index (Phi) is 1.33. The SMILES string of the molecule is ClC(Cl)C1[C@@H]2C[C@@H]2C[C@H]2C[C@@H]12. The molecule has 0 aromatic rings. The highest BCUT2D eigenvalue weighted by Gasteiger charge is 2.60. The molecule has 3 aliphatic rings. The molecule has 3 aliphatic carbocycles. The summed E-state index contributed by atoms with van der Waals surface area (Å²) in [4.78, 5) is -0.0831. The van der Waals surface area contributed by atoms with Crippen LogP contribution in [0.1, 0.15) is 19.3 Å². The van der Waals surface area contributed by atoms with Gasteiger partial charge >= 0.3 is 0 Å². The van der Waals surface area contributed by atoms with Crippen LogP contribution in [0.15, 0.2) is 0 Å². The van der Waals surface area contributed by atoms with Crippen molar-refractivity contribution in [2.45, 2.75) is 24.1 Å². The van der Waals surface area contributed by atoms with Crippen molar-refractivity contribution in [3.63, 3.8) is 0 Å². The molecule has 0 nitrogen and oxygen atoms in total. The minimum atomic E-state index is -0.0831. The second-order valence-corrected chi connectivity index (χ2v) is 5.63. The Bertz CT molecular complexity index is 174. The van der Waals surface area contributed by atoms with Crippen LogP contribution in [0.5, 0.6) is 0 Å². The second kappa shape index (κ2) is 2.09. The molecule has 0 bridgehead atoms. The molecule has 0 N–H and O–H groups in total. The molecule has 0 aromatic heterocycles. The summed E-state index contributed by atoms with van der Waals surface area (Å²) in [5, 5.41) is 0. The van der Waals surface area contributed by atoms with Crippen LogP contribution in [0, 0.1) is 29.6 Å². The van der Waals surface area contributed by atoms with Crippen molar-refractivity contribution in [1.82, 2.24) is 0 Å². The van der Waals surface area contributed by atoms with Gasteiger partial charge in [0, 0.05) is 0 Å². The fraction of sp³-hybridized carbons (Fsp3) is 1.00. The maximum atomic E-state index is 5.97. The molecule has 3 saturated carbocycles. The zero-order chi connectivity index (χ0) is 7.59. The third-order valence-corrected chi connectivity index (χ3v) is 4.42. The highest BCUT2D eigenvalue weighted by molar-refractivity contribution is 6.44. The van der Waals surface area contributed by atoms with E-state index in [1.165, 1.54) is 19.3 Å². The van der Waals surface area contributed by atoms with E-state index in [1.54, 1.807) is 0 Å². The summed E-state index contributed by atoms with van der Waals surface area (Å²) in [7, 11) is 0. The molecule has 11 heavy (non-hydrogen) atoms. The number of fused-ring (bicyclic) bond motifs is 2. The molecule has 0 amide bonds. The van der Waals surface area contributed by atoms with Crippen LogP contribution < -0.4 is 0 Å². The lowest BCUT2D eigenvalue weighted by molar-refractivity contribution is 0.331. The van der Waals surface area contributed by atoms with Crippen molar-refractivity contribution in [2.75, 3.05) is 0 Å². The molecular weight excluding hydrogens is 179 g/mol. The van der Waals surface area contributed by atoms with E-state index in [-0.39, 0.29) is 4.84 Å². The van der Waals surface area contributed by atoms with Gasteiger partial charge in [0.2, 0.25) is 0 Å². The smallest absolute Gasteiger partial charge is 0.105 e. The molecule has 0 aromatic carbocycles. The van der Waals surface area contributed by atoms with E-state index in [2.05, 4.69) is 0 Å². The Morgan fingerprint density at radius 2 is 1.45 bits per heavy atom. The van der Waals surface area contributed by atoms with E-state index in [9.17, 15) is 0 Å². The van der Waals surface area contributed by atoms with Crippen molar-refractivity contribution >= 4 is 23.2 Å². The first-order valence-corrected chi connectivity index (χ1v) is 5.43. The van der Waals surface area contributed by atoms with Crippen molar-refractivity contribution in [1.29, 1.82) is 0 Å².